The summed E-state index contributed by atoms with van der Waals surface area (Å²) in [4.78, 5) is 8.77. The number of nitrogens with zero attached hydrogens (tertiary/aromatic N) is 2. The fraction of sp³-hybridized carbons (Fsp3) is 0.231. The van der Waals surface area contributed by atoms with E-state index in [1.807, 2.05) is 32.0 Å². The second kappa shape index (κ2) is 6.39. The molecule has 0 bridgehead atoms. The van der Waals surface area contributed by atoms with Crippen LogP contribution in [0.1, 0.15) is 25.6 Å². The van der Waals surface area contributed by atoms with Crippen molar-refractivity contribution in [2.45, 2.75) is 19.8 Å². The number of anilines is 3. The Balaban J connectivity index is 2.37. The second-order valence-electron chi connectivity index (χ2n) is 4.52. The molecule has 0 spiro atoms. The van der Waals surface area contributed by atoms with Gasteiger partial charge in [0, 0.05) is 12.0 Å². The molecular formula is C13H15BrClN5. The minimum absolute atomic E-state index is 0.201. The third kappa shape index (κ3) is 3.39. The molecular weight excluding hydrogens is 342 g/mol. The van der Waals surface area contributed by atoms with Gasteiger partial charge in [-0.05, 0) is 28.1 Å². The number of benzene rings is 1. The first-order valence-electron chi connectivity index (χ1n) is 6.08. The lowest BCUT2D eigenvalue weighted by Gasteiger charge is -2.12. The normalized spacial score (nSPS) is 10.7. The molecule has 0 aliphatic carbocycles. The maximum atomic E-state index is 6.07. The Kier molecular flexibility index (Phi) is 4.80. The van der Waals surface area contributed by atoms with E-state index in [1.54, 1.807) is 6.07 Å². The summed E-state index contributed by atoms with van der Waals surface area (Å²) in [6.07, 6.45) is 0. The molecule has 0 saturated heterocycles. The van der Waals surface area contributed by atoms with Crippen molar-refractivity contribution in [1.29, 1.82) is 0 Å². The smallest absolute Gasteiger partial charge is 0.145 e. The molecule has 0 unspecified atom stereocenters. The molecule has 7 heteroatoms. The first-order valence-corrected chi connectivity index (χ1v) is 7.25. The number of nitrogens with two attached hydrogens (primary N) is 1. The summed E-state index contributed by atoms with van der Waals surface area (Å²) in [7, 11) is 0. The summed E-state index contributed by atoms with van der Waals surface area (Å²) in [5.41, 5.74) is 3.37. The molecule has 0 aliphatic rings. The lowest BCUT2D eigenvalue weighted by atomic mass is 10.2. The van der Waals surface area contributed by atoms with Crippen molar-refractivity contribution in [3.63, 3.8) is 0 Å². The molecule has 0 fully saturated rings. The molecule has 0 amide bonds. The largest absolute Gasteiger partial charge is 0.339 e. The lowest BCUT2D eigenvalue weighted by molar-refractivity contribution is 0.777. The van der Waals surface area contributed by atoms with Crippen LogP contribution in [-0.4, -0.2) is 9.97 Å². The fourth-order valence-electron chi connectivity index (χ4n) is 1.60. The minimum Gasteiger partial charge on any atom is -0.339 e. The summed E-state index contributed by atoms with van der Waals surface area (Å²) < 4.78 is 0.786. The van der Waals surface area contributed by atoms with Crippen LogP contribution in [0.3, 0.4) is 0 Å². The summed E-state index contributed by atoms with van der Waals surface area (Å²) in [5.74, 6) is 7.56. The van der Waals surface area contributed by atoms with Crippen molar-refractivity contribution in [3.8, 4) is 0 Å². The zero-order valence-electron chi connectivity index (χ0n) is 11.1. The van der Waals surface area contributed by atoms with Gasteiger partial charge in [-0.25, -0.2) is 15.8 Å². The van der Waals surface area contributed by atoms with Crippen LogP contribution in [-0.2, 0) is 0 Å². The van der Waals surface area contributed by atoms with E-state index in [1.165, 1.54) is 0 Å². The highest BCUT2D eigenvalue weighted by molar-refractivity contribution is 9.10. The first kappa shape index (κ1) is 15.0. The molecule has 5 nitrogen and oxygen atoms in total. The number of hydrazine groups is 1. The van der Waals surface area contributed by atoms with Gasteiger partial charge in [0.2, 0.25) is 0 Å². The van der Waals surface area contributed by atoms with Gasteiger partial charge in [0.15, 0.2) is 0 Å². The van der Waals surface area contributed by atoms with E-state index in [-0.39, 0.29) is 5.92 Å². The molecule has 20 heavy (non-hydrogen) atoms. The van der Waals surface area contributed by atoms with Gasteiger partial charge >= 0.3 is 0 Å². The first-order chi connectivity index (χ1) is 9.51. The van der Waals surface area contributed by atoms with E-state index in [0.29, 0.717) is 22.5 Å². The Bertz CT molecular complexity index is 618. The van der Waals surface area contributed by atoms with E-state index in [9.17, 15) is 0 Å². The monoisotopic (exact) mass is 355 g/mol. The minimum atomic E-state index is 0.201. The summed E-state index contributed by atoms with van der Waals surface area (Å²) in [6, 6.07) is 7.31. The van der Waals surface area contributed by atoms with Gasteiger partial charge in [-0.3, -0.25) is 0 Å². The number of aromatic nitrogens is 2. The van der Waals surface area contributed by atoms with Gasteiger partial charge < -0.3 is 10.7 Å². The molecule has 2 rings (SSSR count). The molecule has 4 N–H and O–H groups in total. The molecule has 2 aromatic rings. The average Bonchev–Trinajstić information content (AvgIpc) is 2.43. The third-order valence-electron chi connectivity index (χ3n) is 2.62. The predicted molar refractivity (Wildman–Crippen MR) is 86.4 cm³/mol. The highest BCUT2D eigenvalue weighted by atomic mass is 79.9. The topological polar surface area (TPSA) is 75.9 Å². The Morgan fingerprint density at radius 2 is 1.95 bits per heavy atom. The maximum Gasteiger partial charge on any atom is 0.145 e. The van der Waals surface area contributed by atoms with Crippen molar-refractivity contribution in [1.82, 2.24) is 9.97 Å². The van der Waals surface area contributed by atoms with Gasteiger partial charge in [0.25, 0.3) is 0 Å². The Labute approximate surface area is 131 Å². The average molecular weight is 357 g/mol. The highest BCUT2D eigenvalue weighted by Crippen LogP contribution is 2.32. The van der Waals surface area contributed by atoms with E-state index in [0.717, 1.165) is 10.2 Å². The molecule has 1 heterocycles. The molecule has 1 aromatic heterocycles. The lowest BCUT2D eigenvalue weighted by Crippen LogP contribution is -2.12. The van der Waals surface area contributed by atoms with Gasteiger partial charge in [-0.1, -0.05) is 31.5 Å². The Morgan fingerprint density at radius 1 is 1.25 bits per heavy atom. The molecule has 106 valence electrons. The van der Waals surface area contributed by atoms with Crippen molar-refractivity contribution >= 4 is 44.9 Å². The van der Waals surface area contributed by atoms with E-state index in [4.69, 9.17) is 17.4 Å². The number of halogens is 2. The SMILES string of the molecule is CC(C)c1nc(NN)cc(Nc2cccc(Cl)c2Br)n1. The summed E-state index contributed by atoms with van der Waals surface area (Å²) >= 11 is 9.51. The highest BCUT2D eigenvalue weighted by Gasteiger charge is 2.10. The van der Waals surface area contributed by atoms with Crippen LogP contribution in [0.4, 0.5) is 17.3 Å². The summed E-state index contributed by atoms with van der Waals surface area (Å²) in [5, 5.41) is 3.83. The molecule has 0 aliphatic heterocycles. The number of hydrogen-bond donors (Lipinski definition) is 3. The van der Waals surface area contributed by atoms with Crippen LogP contribution < -0.4 is 16.6 Å². The Hall–Kier alpha value is -1.37. The third-order valence-corrected chi connectivity index (χ3v) is 4.02. The second-order valence-corrected chi connectivity index (χ2v) is 5.72. The van der Waals surface area contributed by atoms with Crippen LogP contribution in [0.5, 0.6) is 0 Å². The van der Waals surface area contributed by atoms with Crippen molar-refractivity contribution < 1.29 is 0 Å². The van der Waals surface area contributed by atoms with Crippen LogP contribution >= 0.6 is 27.5 Å². The van der Waals surface area contributed by atoms with Gasteiger partial charge in [-0.2, -0.15) is 0 Å². The number of rotatable bonds is 4. The van der Waals surface area contributed by atoms with Crippen LogP contribution in [0.25, 0.3) is 0 Å². The van der Waals surface area contributed by atoms with Gasteiger partial charge in [0.05, 0.1) is 15.2 Å². The van der Waals surface area contributed by atoms with Gasteiger partial charge in [0.1, 0.15) is 17.5 Å². The van der Waals surface area contributed by atoms with E-state index < -0.39 is 0 Å². The maximum absolute atomic E-state index is 6.07. The van der Waals surface area contributed by atoms with Crippen molar-refractivity contribution in [2.24, 2.45) is 5.84 Å². The van der Waals surface area contributed by atoms with Crippen LogP contribution in [0, 0.1) is 0 Å². The zero-order valence-corrected chi connectivity index (χ0v) is 13.5. The van der Waals surface area contributed by atoms with E-state index >= 15 is 0 Å². The zero-order chi connectivity index (χ0) is 14.7. The fourth-order valence-corrected chi connectivity index (χ4v) is 2.14. The molecule has 0 saturated carbocycles. The quantitative estimate of drug-likeness (QED) is 0.569. The van der Waals surface area contributed by atoms with Crippen LogP contribution in [0.2, 0.25) is 5.02 Å². The predicted octanol–water partition coefficient (Wildman–Crippen LogP) is 4.05. The van der Waals surface area contributed by atoms with Crippen molar-refractivity contribution in [2.75, 3.05) is 10.7 Å². The van der Waals surface area contributed by atoms with Gasteiger partial charge in [-0.15, -0.1) is 0 Å². The van der Waals surface area contributed by atoms with E-state index in [2.05, 4.69) is 36.6 Å². The Morgan fingerprint density at radius 3 is 2.60 bits per heavy atom. The molecule has 0 atom stereocenters. The number of hydrogen-bond acceptors (Lipinski definition) is 5. The molecule has 0 radical (unpaired) electrons. The van der Waals surface area contributed by atoms with Crippen molar-refractivity contribution in [3.05, 3.63) is 39.6 Å². The number of nitrogens with one attached hydrogen (secondary N) is 2. The standard InChI is InChI=1S/C13H15BrClN5/c1-7(2)13-18-10(6-11(19-13)20-16)17-9-5-3-4-8(15)12(9)14/h3-7H,16H2,1-2H3,(H2,17,18,19,20). The molecule has 1 aromatic carbocycles. The summed E-state index contributed by atoms with van der Waals surface area (Å²) in [6.45, 7) is 4.05. The van der Waals surface area contributed by atoms with Crippen LogP contribution in [0.15, 0.2) is 28.7 Å². The number of nitrogen functional groups attached to an aromatic ring is 1.